The Morgan fingerprint density at radius 2 is 1.73 bits per heavy atom. The second-order valence-corrected chi connectivity index (χ2v) is 9.14. The zero-order valence-electron chi connectivity index (χ0n) is 20.4. The molecule has 37 heavy (non-hydrogen) atoms. The molecule has 0 bridgehead atoms. The fourth-order valence-corrected chi connectivity index (χ4v) is 4.63. The van der Waals surface area contributed by atoms with Crippen LogP contribution in [-0.2, 0) is 11.5 Å². The number of hydrogen-bond donors (Lipinski definition) is 2. The molecule has 190 valence electrons. The maximum Gasteiger partial charge on any atom is 0.341 e. The van der Waals surface area contributed by atoms with Crippen LogP contribution in [0.2, 0.25) is 0 Å². The highest BCUT2D eigenvalue weighted by molar-refractivity contribution is 7.18. The SMILES string of the molecule is CCCOC(=O)c1c(NC(=O)c2ccn(COc3ccc(-c4ccccc4)cc3)n2)sc(C(N)=O)c1C. The summed E-state index contributed by atoms with van der Waals surface area (Å²) >= 11 is 0.926. The number of ether oxygens (including phenoxy) is 2. The van der Waals surface area contributed by atoms with Crippen LogP contribution in [0.15, 0.2) is 66.9 Å². The topological polar surface area (TPSA) is 126 Å². The number of esters is 1. The average Bonchev–Trinajstić information content (AvgIpc) is 3.51. The van der Waals surface area contributed by atoms with E-state index in [-0.39, 0.29) is 34.5 Å². The first-order chi connectivity index (χ1) is 17.9. The second-order valence-electron chi connectivity index (χ2n) is 8.12. The van der Waals surface area contributed by atoms with E-state index in [1.807, 2.05) is 61.5 Å². The minimum Gasteiger partial charge on any atom is -0.471 e. The first-order valence-electron chi connectivity index (χ1n) is 11.6. The van der Waals surface area contributed by atoms with Gasteiger partial charge in [-0.05, 0) is 48.2 Å². The van der Waals surface area contributed by atoms with Gasteiger partial charge in [0.05, 0.1) is 17.0 Å². The van der Waals surface area contributed by atoms with Gasteiger partial charge in [0.1, 0.15) is 10.8 Å². The second kappa shape index (κ2) is 11.5. The van der Waals surface area contributed by atoms with Crippen molar-refractivity contribution in [3.8, 4) is 16.9 Å². The number of primary amides is 1. The van der Waals surface area contributed by atoms with E-state index in [0.29, 0.717) is 17.7 Å². The van der Waals surface area contributed by atoms with E-state index in [0.717, 1.165) is 22.5 Å². The van der Waals surface area contributed by atoms with Gasteiger partial charge in [-0.2, -0.15) is 5.10 Å². The number of hydrogen-bond acceptors (Lipinski definition) is 7. The van der Waals surface area contributed by atoms with Crippen molar-refractivity contribution < 1.29 is 23.9 Å². The summed E-state index contributed by atoms with van der Waals surface area (Å²) in [4.78, 5) is 37.4. The molecule has 0 saturated carbocycles. The van der Waals surface area contributed by atoms with Gasteiger partial charge in [0.2, 0.25) is 0 Å². The number of nitrogens with two attached hydrogens (primary N) is 1. The Morgan fingerprint density at radius 3 is 2.41 bits per heavy atom. The molecule has 0 radical (unpaired) electrons. The van der Waals surface area contributed by atoms with E-state index in [1.165, 1.54) is 10.7 Å². The van der Waals surface area contributed by atoms with E-state index < -0.39 is 17.8 Å². The number of anilines is 1. The van der Waals surface area contributed by atoms with Crippen LogP contribution in [0.5, 0.6) is 5.75 Å². The van der Waals surface area contributed by atoms with Gasteiger partial charge in [0.25, 0.3) is 11.8 Å². The van der Waals surface area contributed by atoms with E-state index in [4.69, 9.17) is 15.2 Å². The predicted octanol–water partition coefficient (Wildman–Crippen LogP) is 4.87. The molecule has 2 heterocycles. The van der Waals surface area contributed by atoms with Crippen molar-refractivity contribution in [1.29, 1.82) is 0 Å². The summed E-state index contributed by atoms with van der Waals surface area (Å²) in [6, 6.07) is 19.2. The molecule has 0 unspecified atom stereocenters. The Kier molecular flexibility index (Phi) is 7.99. The zero-order valence-corrected chi connectivity index (χ0v) is 21.2. The van der Waals surface area contributed by atoms with Gasteiger partial charge in [0.15, 0.2) is 12.4 Å². The Morgan fingerprint density at radius 1 is 1.03 bits per heavy atom. The molecule has 0 saturated heterocycles. The lowest BCUT2D eigenvalue weighted by molar-refractivity contribution is 0.0506. The van der Waals surface area contributed by atoms with Gasteiger partial charge in [-0.15, -0.1) is 11.3 Å². The zero-order chi connectivity index (χ0) is 26.4. The standard InChI is InChI=1S/C27H26N4O5S/c1-3-15-35-27(34)22-17(2)23(24(28)32)37-26(22)29-25(33)21-13-14-31(30-21)16-36-20-11-9-19(10-12-20)18-7-5-4-6-8-18/h4-14H,3,15-16H2,1-2H3,(H2,28,32)(H,29,33). The van der Waals surface area contributed by atoms with Crippen LogP contribution in [0.4, 0.5) is 5.00 Å². The molecule has 0 fully saturated rings. The van der Waals surface area contributed by atoms with E-state index in [1.54, 1.807) is 13.1 Å². The Bertz CT molecular complexity index is 1410. The number of nitrogens with one attached hydrogen (secondary N) is 1. The lowest BCUT2D eigenvalue weighted by Gasteiger charge is -2.08. The lowest BCUT2D eigenvalue weighted by Crippen LogP contribution is -2.16. The van der Waals surface area contributed by atoms with Crippen LogP contribution in [0.25, 0.3) is 11.1 Å². The number of thiophene rings is 1. The van der Waals surface area contributed by atoms with Gasteiger partial charge < -0.3 is 20.5 Å². The molecule has 0 spiro atoms. The third-order valence-electron chi connectivity index (χ3n) is 5.44. The van der Waals surface area contributed by atoms with Crippen LogP contribution in [-0.4, -0.2) is 34.2 Å². The fourth-order valence-electron chi connectivity index (χ4n) is 3.59. The van der Waals surface area contributed by atoms with Crippen molar-refractivity contribution in [3.05, 3.63) is 88.6 Å². The summed E-state index contributed by atoms with van der Waals surface area (Å²) in [6.45, 7) is 3.77. The van der Waals surface area contributed by atoms with Crippen molar-refractivity contribution in [2.45, 2.75) is 27.0 Å². The number of aromatic nitrogens is 2. The molecule has 0 aliphatic rings. The molecular weight excluding hydrogens is 492 g/mol. The van der Waals surface area contributed by atoms with Crippen LogP contribution >= 0.6 is 11.3 Å². The number of carbonyl (C=O) groups excluding carboxylic acids is 3. The summed E-state index contributed by atoms with van der Waals surface area (Å²) in [5.74, 6) is -1.21. The molecule has 2 amide bonds. The number of benzene rings is 2. The molecule has 0 atom stereocenters. The minimum absolute atomic E-state index is 0.0937. The lowest BCUT2D eigenvalue weighted by atomic mass is 10.1. The molecule has 4 aromatic rings. The highest BCUT2D eigenvalue weighted by Gasteiger charge is 2.26. The molecule has 3 N–H and O–H groups in total. The van der Waals surface area contributed by atoms with Gasteiger partial charge in [-0.1, -0.05) is 49.4 Å². The molecule has 9 nitrogen and oxygen atoms in total. The number of amides is 2. The maximum atomic E-state index is 12.9. The molecule has 2 aromatic carbocycles. The largest absolute Gasteiger partial charge is 0.471 e. The third-order valence-corrected chi connectivity index (χ3v) is 6.66. The van der Waals surface area contributed by atoms with Crippen LogP contribution in [0.1, 0.15) is 49.4 Å². The predicted molar refractivity (Wildman–Crippen MR) is 141 cm³/mol. The highest BCUT2D eigenvalue weighted by Crippen LogP contribution is 2.34. The monoisotopic (exact) mass is 518 g/mol. The third kappa shape index (κ3) is 6.04. The van der Waals surface area contributed by atoms with Gasteiger partial charge in [-0.25, -0.2) is 9.48 Å². The fraction of sp³-hybridized carbons (Fsp3) is 0.185. The highest BCUT2D eigenvalue weighted by atomic mass is 32.1. The van der Waals surface area contributed by atoms with Crippen molar-refractivity contribution >= 4 is 34.1 Å². The smallest absolute Gasteiger partial charge is 0.341 e. The summed E-state index contributed by atoms with van der Waals surface area (Å²) < 4.78 is 12.5. The normalized spacial score (nSPS) is 10.6. The van der Waals surface area contributed by atoms with Crippen molar-refractivity contribution in [1.82, 2.24) is 9.78 Å². The first kappa shape index (κ1) is 25.6. The Hall–Kier alpha value is -4.44. The molecule has 0 aliphatic heterocycles. The maximum absolute atomic E-state index is 12.9. The van der Waals surface area contributed by atoms with Crippen LogP contribution in [0, 0.1) is 6.92 Å². The van der Waals surface area contributed by atoms with Gasteiger partial charge >= 0.3 is 5.97 Å². The molecule has 2 aromatic heterocycles. The number of carbonyl (C=O) groups is 3. The summed E-state index contributed by atoms with van der Waals surface area (Å²) in [5, 5.41) is 7.10. The summed E-state index contributed by atoms with van der Waals surface area (Å²) in [6.07, 6.45) is 2.24. The van der Waals surface area contributed by atoms with Crippen molar-refractivity contribution in [2.24, 2.45) is 5.73 Å². The van der Waals surface area contributed by atoms with Gasteiger partial charge in [0, 0.05) is 6.20 Å². The van der Waals surface area contributed by atoms with Gasteiger partial charge in [-0.3, -0.25) is 9.59 Å². The van der Waals surface area contributed by atoms with E-state index in [9.17, 15) is 14.4 Å². The van der Waals surface area contributed by atoms with E-state index in [2.05, 4.69) is 10.4 Å². The number of nitrogens with zero attached hydrogens (tertiary/aromatic N) is 2. The average molecular weight is 519 g/mol. The quantitative estimate of drug-likeness (QED) is 0.288. The Labute approximate surface area is 217 Å². The molecule has 10 heteroatoms. The van der Waals surface area contributed by atoms with Crippen molar-refractivity contribution in [2.75, 3.05) is 11.9 Å². The van der Waals surface area contributed by atoms with Crippen LogP contribution in [0.3, 0.4) is 0 Å². The van der Waals surface area contributed by atoms with Crippen molar-refractivity contribution in [3.63, 3.8) is 0 Å². The summed E-state index contributed by atoms with van der Waals surface area (Å²) in [7, 11) is 0. The van der Waals surface area contributed by atoms with E-state index >= 15 is 0 Å². The minimum atomic E-state index is -0.689. The Balaban J connectivity index is 1.42. The first-order valence-corrected chi connectivity index (χ1v) is 12.4. The molecular formula is C27H26N4O5S. The summed E-state index contributed by atoms with van der Waals surface area (Å²) in [5.41, 5.74) is 8.22. The number of rotatable bonds is 10. The van der Waals surface area contributed by atoms with Crippen LogP contribution < -0.4 is 15.8 Å². The molecule has 0 aliphatic carbocycles. The molecule has 4 rings (SSSR count).